The molecule has 0 aliphatic rings. The van der Waals surface area contributed by atoms with Crippen LogP contribution in [-0.4, -0.2) is 21.2 Å². The SMILES string of the molecule is C=CCc1cnc(Cc2c(Oc3ccc(F)c(/C(=C/C)SC)c3)c(F)cc3[nH]ccc23)cn1. The molecule has 2 heterocycles. The molecule has 0 atom stereocenters. The number of ether oxygens (including phenoxy) is 1. The number of hydrogen-bond donors (Lipinski definition) is 1. The molecule has 4 aromatic rings. The third kappa shape index (κ3) is 4.83. The van der Waals surface area contributed by atoms with E-state index in [2.05, 4.69) is 21.5 Å². The summed E-state index contributed by atoms with van der Waals surface area (Å²) in [5.41, 5.74) is 3.20. The van der Waals surface area contributed by atoms with E-state index >= 15 is 4.39 Å². The van der Waals surface area contributed by atoms with Gasteiger partial charge in [0.25, 0.3) is 0 Å². The Kier molecular flexibility index (Phi) is 6.89. The van der Waals surface area contributed by atoms with Crippen molar-refractivity contribution in [3.05, 3.63) is 102 Å². The van der Waals surface area contributed by atoms with Gasteiger partial charge in [0.1, 0.15) is 11.6 Å². The zero-order chi connectivity index (χ0) is 23.4. The van der Waals surface area contributed by atoms with E-state index in [-0.39, 0.29) is 11.6 Å². The molecule has 0 saturated carbocycles. The molecule has 0 saturated heterocycles. The average Bonchev–Trinajstić information content (AvgIpc) is 3.28. The van der Waals surface area contributed by atoms with Crippen LogP contribution >= 0.6 is 11.8 Å². The van der Waals surface area contributed by atoms with E-state index in [1.807, 2.05) is 25.3 Å². The monoisotopic (exact) mass is 463 g/mol. The van der Waals surface area contributed by atoms with Crippen LogP contribution in [0, 0.1) is 11.6 Å². The number of allylic oxidation sites excluding steroid dienone is 2. The number of thioether (sulfide) groups is 1. The van der Waals surface area contributed by atoms with E-state index in [1.54, 1.807) is 30.7 Å². The van der Waals surface area contributed by atoms with Gasteiger partial charge in [-0.3, -0.25) is 9.97 Å². The summed E-state index contributed by atoms with van der Waals surface area (Å²) in [6.45, 7) is 5.56. The zero-order valence-electron chi connectivity index (χ0n) is 18.4. The first-order valence-corrected chi connectivity index (χ1v) is 11.6. The highest BCUT2D eigenvalue weighted by Gasteiger charge is 2.19. The van der Waals surface area contributed by atoms with Gasteiger partial charge in [-0.2, -0.15) is 0 Å². The van der Waals surface area contributed by atoms with Crippen LogP contribution in [-0.2, 0) is 12.8 Å². The maximum absolute atomic E-state index is 15.2. The number of aromatic amines is 1. The predicted octanol–water partition coefficient (Wildman–Crippen LogP) is 7.07. The molecule has 33 heavy (non-hydrogen) atoms. The van der Waals surface area contributed by atoms with Crippen molar-refractivity contribution in [1.82, 2.24) is 15.0 Å². The Hall–Kier alpha value is -3.45. The van der Waals surface area contributed by atoms with Crippen molar-refractivity contribution in [3.63, 3.8) is 0 Å². The van der Waals surface area contributed by atoms with Crippen molar-refractivity contribution in [1.29, 1.82) is 0 Å². The lowest BCUT2D eigenvalue weighted by atomic mass is 10.0. The minimum Gasteiger partial charge on any atom is -0.454 e. The minimum atomic E-state index is -0.516. The molecule has 4 nitrogen and oxygen atoms in total. The van der Waals surface area contributed by atoms with E-state index in [0.717, 1.165) is 16.0 Å². The van der Waals surface area contributed by atoms with Crippen LogP contribution < -0.4 is 4.74 Å². The first kappa shape index (κ1) is 22.7. The Bertz CT molecular complexity index is 1330. The van der Waals surface area contributed by atoms with Gasteiger partial charge < -0.3 is 9.72 Å². The molecular formula is C26H23F2N3OS. The van der Waals surface area contributed by atoms with Crippen LogP contribution in [0.25, 0.3) is 15.8 Å². The maximum Gasteiger partial charge on any atom is 0.168 e. The summed E-state index contributed by atoms with van der Waals surface area (Å²) in [7, 11) is 0. The van der Waals surface area contributed by atoms with Crippen LogP contribution in [0.1, 0.15) is 29.4 Å². The molecule has 168 valence electrons. The lowest BCUT2D eigenvalue weighted by Crippen LogP contribution is -2.01. The average molecular weight is 464 g/mol. The van der Waals surface area contributed by atoms with Crippen LogP contribution in [0.15, 0.2) is 67.7 Å². The second kappa shape index (κ2) is 10.0. The zero-order valence-corrected chi connectivity index (χ0v) is 19.2. The van der Waals surface area contributed by atoms with Crippen LogP contribution in [0.5, 0.6) is 11.5 Å². The quantitative estimate of drug-likeness (QED) is 0.284. The van der Waals surface area contributed by atoms with Crippen LogP contribution in [0.4, 0.5) is 8.78 Å². The molecule has 0 fully saturated rings. The number of nitrogens with one attached hydrogen (secondary N) is 1. The smallest absolute Gasteiger partial charge is 0.168 e. The van der Waals surface area contributed by atoms with E-state index in [4.69, 9.17) is 4.74 Å². The van der Waals surface area contributed by atoms with Crippen molar-refractivity contribution in [2.24, 2.45) is 0 Å². The van der Waals surface area contributed by atoms with Gasteiger partial charge in [0, 0.05) is 64.4 Å². The van der Waals surface area contributed by atoms with E-state index in [1.165, 1.54) is 30.0 Å². The summed E-state index contributed by atoms with van der Waals surface area (Å²) in [4.78, 5) is 12.7. The third-order valence-electron chi connectivity index (χ3n) is 5.24. The van der Waals surface area contributed by atoms with Crippen LogP contribution in [0.2, 0.25) is 0 Å². The Morgan fingerprint density at radius 1 is 1.12 bits per heavy atom. The molecule has 0 radical (unpaired) electrons. The minimum absolute atomic E-state index is 0.0859. The van der Waals surface area contributed by atoms with Gasteiger partial charge in [0.15, 0.2) is 11.6 Å². The predicted molar refractivity (Wildman–Crippen MR) is 131 cm³/mol. The molecule has 1 N–H and O–H groups in total. The summed E-state index contributed by atoms with van der Waals surface area (Å²) >= 11 is 1.43. The van der Waals surface area contributed by atoms with Gasteiger partial charge in [0.2, 0.25) is 0 Å². The van der Waals surface area contributed by atoms with Crippen molar-refractivity contribution in [3.8, 4) is 11.5 Å². The molecule has 0 aliphatic carbocycles. The van der Waals surface area contributed by atoms with Gasteiger partial charge in [-0.05, 0) is 37.4 Å². The molecule has 0 amide bonds. The maximum atomic E-state index is 15.2. The number of hydrogen-bond acceptors (Lipinski definition) is 4. The molecule has 7 heteroatoms. The van der Waals surface area contributed by atoms with E-state index in [0.29, 0.717) is 40.9 Å². The number of rotatable bonds is 8. The van der Waals surface area contributed by atoms with Crippen LogP contribution in [0.3, 0.4) is 0 Å². The molecule has 0 aliphatic heterocycles. The number of benzene rings is 2. The number of H-pyrrole nitrogens is 1. The summed E-state index contributed by atoms with van der Waals surface area (Å²) in [6, 6.07) is 7.70. The van der Waals surface area contributed by atoms with Crippen molar-refractivity contribution < 1.29 is 13.5 Å². The Morgan fingerprint density at radius 3 is 2.61 bits per heavy atom. The first-order chi connectivity index (χ1) is 16.0. The van der Waals surface area contributed by atoms with E-state index in [9.17, 15) is 4.39 Å². The molecule has 0 unspecified atom stereocenters. The van der Waals surface area contributed by atoms with E-state index < -0.39 is 5.82 Å². The third-order valence-corrected chi connectivity index (χ3v) is 6.14. The normalized spacial score (nSPS) is 11.7. The summed E-state index contributed by atoms with van der Waals surface area (Å²) in [6.07, 6.45) is 11.5. The van der Waals surface area contributed by atoms with Gasteiger partial charge in [-0.15, -0.1) is 18.3 Å². The standard InChI is InChI=1S/C26H23F2N3OS/c1-4-6-16-14-31-17(15-30-16)11-20-19-9-10-29-24(19)13-23(28)26(20)32-18-7-8-22(27)21(12-18)25(5-2)33-3/h4-5,7-10,12-15,29H,1,6,11H2,2-3H3/b25-5-. The lowest BCUT2D eigenvalue weighted by Gasteiger charge is -2.15. The lowest BCUT2D eigenvalue weighted by molar-refractivity contribution is 0.437. The summed E-state index contributed by atoms with van der Waals surface area (Å²) in [5.74, 6) is -0.440. The molecular weight excluding hydrogens is 440 g/mol. The van der Waals surface area contributed by atoms with Gasteiger partial charge >= 0.3 is 0 Å². The molecule has 2 aromatic heterocycles. The molecule has 0 spiro atoms. The largest absolute Gasteiger partial charge is 0.454 e. The number of halogens is 2. The summed E-state index contributed by atoms with van der Waals surface area (Å²) < 4.78 is 35.7. The van der Waals surface area contributed by atoms with Crippen molar-refractivity contribution >= 4 is 27.6 Å². The Morgan fingerprint density at radius 2 is 1.91 bits per heavy atom. The highest BCUT2D eigenvalue weighted by Crippen LogP contribution is 2.37. The Balaban J connectivity index is 1.76. The number of fused-ring (bicyclic) bond motifs is 1. The molecule has 4 rings (SSSR count). The molecule has 0 bridgehead atoms. The fourth-order valence-corrected chi connectivity index (χ4v) is 4.29. The first-order valence-electron chi connectivity index (χ1n) is 10.4. The fourth-order valence-electron chi connectivity index (χ4n) is 3.67. The number of aromatic nitrogens is 3. The second-order valence-electron chi connectivity index (χ2n) is 7.37. The second-order valence-corrected chi connectivity index (χ2v) is 8.22. The number of nitrogens with zero attached hydrogens (tertiary/aromatic N) is 2. The van der Waals surface area contributed by atoms with Gasteiger partial charge in [0.05, 0.1) is 11.4 Å². The van der Waals surface area contributed by atoms with Gasteiger partial charge in [-0.25, -0.2) is 8.78 Å². The summed E-state index contributed by atoms with van der Waals surface area (Å²) in [5, 5.41) is 0.823. The fraction of sp³-hybridized carbons (Fsp3) is 0.154. The van der Waals surface area contributed by atoms with Crippen molar-refractivity contribution in [2.75, 3.05) is 6.26 Å². The Labute approximate surface area is 195 Å². The van der Waals surface area contributed by atoms with Gasteiger partial charge in [-0.1, -0.05) is 12.2 Å². The highest BCUT2D eigenvalue weighted by atomic mass is 32.2. The molecule has 2 aromatic carbocycles. The highest BCUT2D eigenvalue weighted by molar-refractivity contribution is 8.07. The topological polar surface area (TPSA) is 50.8 Å². The van der Waals surface area contributed by atoms with Crippen molar-refractivity contribution in [2.45, 2.75) is 19.8 Å².